The van der Waals surface area contributed by atoms with Gasteiger partial charge in [0.2, 0.25) is 0 Å². The van der Waals surface area contributed by atoms with Gasteiger partial charge in [-0.25, -0.2) is 0 Å². The molecule has 0 saturated heterocycles. The molecule has 0 fully saturated rings. The number of carbonyl (C=O) groups excluding carboxylic acids is 1. The minimum absolute atomic E-state index is 0.100. The summed E-state index contributed by atoms with van der Waals surface area (Å²) in [6, 6.07) is 17.1. The van der Waals surface area contributed by atoms with Crippen molar-refractivity contribution in [3.8, 4) is 0 Å². The van der Waals surface area contributed by atoms with Crippen molar-refractivity contribution in [1.29, 1.82) is 0 Å². The lowest BCUT2D eigenvalue weighted by Crippen LogP contribution is -2.28. The van der Waals surface area contributed by atoms with Crippen LogP contribution in [0.4, 0.5) is 13.2 Å². The first-order chi connectivity index (χ1) is 12.3. The van der Waals surface area contributed by atoms with E-state index in [1.54, 1.807) is 12.1 Å². The van der Waals surface area contributed by atoms with E-state index in [9.17, 15) is 23.1 Å². The second-order valence-electron chi connectivity index (χ2n) is 5.91. The first-order valence-electron chi connectivity index (χ1n) is 7.97. The van der Waals surface area contributed by atoms with E-state index in [1.807, 2.05) is 30.3 Å². The summed E-state index contributed by atoms with van der Waals surface area (Å²) in [4.78, 5) is 12.2. The predicted molar refractivity (Wildman–Crippen MR) is 92.7 cm³/mol. The van der Waals surface area contributed by atoms with Crippen molar-refractivity contribution in [2.24, 2.45) is 0 Å². The zero-order valence-electron chi connectivity index (χ0n) is 13.6. The van der Waals surface area contributed by atoms with Gasteiger partial charge in [-0.05, 0) is 40.6 Å². The van der Waals surface area contributed by atoms with E-state index in [0.717, 1.165) is 22.9 Å². The summed E-state index contributed by atoms with van der Waals surface area (Å²) in [6.45, 7) is -0.100. The summed E-state index contributed by atoms with van der Waals surface area (Å²) < 4.78 is 37.7. The first kappa shape index (κ1) is 17.9. The Morgan fingerprint density at radius 2 is 1.62 bits per heavy atom. The third kappa shape index (κ3) is 4.03. The van der Waals surface area contributed by atoms with Gasteiger partial charge in [0, 0.05) is 12.1 Å². The topological polar surface area (TPSA) is 49.3 Å². The Kier molecular flexibility index (Phi) is 4.95. The fourth-order valence-electron chi connectivity index (χ4n) is 2.63. The smallest absolute Gasteiger partial charge is 0.387 e. The molecule has 0 spiro atoms. The molecular formula is C20H16F3NO2. The summed E-state index contributed by atoms with van der Waals surface area (Å²) in [5.74, 6) is -0.360. The molecule has 0 heterocycles. The van der Waals surface area contributed by atoms with E-state index in [2.05, 4.69) is 5.32 Å². The van der Waals surface area contributed by atoms with Gasteiger partial charge >= 0.3 is 6.18 Å². The number of rotatable bonds is 4. The molecule has 6 heteroatoms. The van der Waals surface area contributed by atoms with Gasteiger partial charge in [-0.1, -0.05) is 42.5 Å². The summed E-state index contributed by atoms with van der Waals surface area (Å²) >= 11 is 0. The first-order valence-corrected chi connectivity index (χ1v) is 7.97. The minimum atomic E-state index is -4.42. The maximum absolute atomic E-state index is 12.6. The van der Waals surface area contributed by atoms with Gasteiger partial charge < -0.3 is 10.4 Å². The molecule has 1 amide bonds. The minimum Gasteiger partial charge on any atom is -0.387 e. The maximum Gasteiger partial charge on any atom is 0.416 e. The average molecular weight is 359 g/mol. The highest BCUT2D eigenvalue weighted by atomic mass is 19.4. The number of aliphatic hydroxyl groups is 1. The number of amides is 1. The highest BCUT2D eigenvalue weighted by molar-refractivity contribution is 5.98. The lowest BCUT2D eigenvalue weighted by Gasteiger charge is -2.14. The third-order valence-corrected chi connectivity index (χ3v) is 4.09. The van der Waals surface area contributed by atoms with Crippen molar-refractivity contribution in [2.75, 3.05) is 6.54 Å². The summed E-state index contributed by atoms with van der Waals surface area (Å²) in [5.41, 5.74) is -0.0335. The Hall–Kier alpha value is -2.86. The molecule has 26 heavy (non-hydrogen) atoms. The van der Waals surface area contributed by atoms with Crippen LogP contribution < -0.4 is 5.32 Å². The van der Waals surface area contributed by atoms with Gasteiger partial charge in [0.15, 0.2) is 0 Å². The van der Waals surface area contributed by atoms with E-state index in [4.69, 9.17) is 0 Å². The fraction of sp³-hybridized carbons (Fsp3) is 0.150. The summed E-state index contributed by atoms with van der Waals surface area (Å²) in [7, 11) is 0. The van der Waals surface area contributed by atoms with Gasteiger partial charge in [-0.3, -0.25) is 4.79 Å². The standard InChI is InChI=1S/C20H16F3NO2/c21-20(22,23)17-9-7-14(8-10-17)18(25)12-24-19(26)16-6-5-13-3-1-2-4-15(13)11-16/h1-11,18,25H,12H2,(H,24,26). The van der Waals surface area contributed by atoms with Crippen molar-refractivity contribution in [3.63, 3.8) is 0 Å². The van der Waals surface area contributed by atoms with Crippen LogP contribution in [0.5, 0.6) is 0 Å². The van der Waals surface area contributed by atoms with Crippen LogP contribution in [-0.2, 0) is 6.18 Å². The van der Waals surface area contributed by atoms with Gasteiger partial charge in [-0.15, -0.1) is 0 Å². The van der Waals surface area contributed by atoms with Crippen molar-refractivity contribution in [3.05, 3.63) is 83.4 Å². The maximum atomic E-state index is 12.6. The van der Waals surface area contributed by atoms with E-state index in [1.165, 1.54) is 12.1 Å². The number of hydrogen-bond donors (Lipinski definition) is 2. The number of benzene rings is 3. The number of nitrogens with one attached hydrogen (secondary N) is 1. The van der Waals surface area contributed by atoms with Crippen molar-refractivity contribution < 1.29 is 23.1 Å². The zero-order chi connectivity index (χ0) is 18.7. The second kappa shape index (κ2) is 7.17. The highest BCUT2D eigenvalue weighted by Gasteiger charge is 2.30. The largest absolute Gasteiger partial charge is 0.416 e. The molecule has 2 N–H and O–H groups in total. The SMILES string of the molecule is O=C(NCC(O)c1ccc(C(F)(F)F)cc1)c1ccc2ccccc2c1. The zero-order valence-corrected chi connectivity index (χ0v) is 13.6. The van der Waals surface area contributed by atoms with Crippen LogP contribution in [0.2, 0.25) is 0 Å². The van der Waals surface area contributed by atoms with Crippen molar-refractivity contribution in [2.45, 2.75) is 12.3 Å². The van der Waals surface area contributed by atoms with Gasteiger partial charge in [-0.2, -0.15) is 13.2 Å². The Balaban J connectivity index is 1.64. The molecule has 0 aliphatic rings. The van der Waals surface area contributed by atoms with Crippen LogP contribution in [-0.4, -0.2) is 17.6 Å². The molecule has 0 saturated carbocycles. The molecule has 134 valence electrons. The predicted octanol–water partition coefficient (Wildman–Crippen LogP) is 4.32. The molecule has 1 unspecified atom stereocenters. The molecule has 0 radical (unpaired) electrons. The quantitative estimate of drug-likeness (QED) is 0.729. The van der Waals surface area contributed by atoms with E-state index in [0.29, 0.717) is 11.1 Å². The van der Waals surface area contributed by atoms with Crippen LogP contribution in [0.25, 0.3) is 10.8 Å². The van der Waals surface area contributed by atoms with Crippen molar-refractivity contribution in [1.82, 2.24) is 5.32 Å². The lowest BCUT2D eigenvalue weighted by molar-refractivity contribution is -0.137. The van der Waals surface area contributed by atoms with E-state index in [-0.39, 0.29) is 12.5 Å². The van der Waals surface area contributed by atoms with E-state index < -0.39 is 17.8 Å². The molecule has 3 rings (SSSR count). The average Bonchev–Trinajstić information content (AvgIpc) is 2.64. The van der Waals surface area contributed by atoms with Crippen LogP contribution in [0.3, 0.4) is 0 Å². The monoisotopic (exact) mass is 359 g/mol. The lowest BCUT2D eigenvalue weighted by atomic mass is 10.1. The fourth-order valence-corrected chi connectivity index (χ4v) is 2.63. The number of hydrogen-bond acceptors (Lipinski definition) is 2. The Morgan fingerprint density at radius 3 is 2.27 bits per heavy atom. The van der Waals surface area contributed by atoms with Crippen molar-refractivity contribution >= 4 is 16.7 Å². The van der Waals surface area contributed by atoms with Crippen LogP contribution >= 0.6 is 0 Å². The van der Waals surface area contributed by atoms with Gasteiger partial charge in [0.25, 0.3) is 5.91 Å². The second-order valence-corrected chi connectivity index (χ2v) is 5.91. The van der Waals surface area contributed by atoms with Crippen LogP contribution in [0.15, 0.2) is 66.7 Å². The molecule has 0 aromatic heterocycles. The molecule has 3 aromatic rings. The number of aliphatic hydroxyl groups excluding tert-OH is 1. The van der Waals surface area contributed by atoms with Gasteiger partial charge in [0.1, 0.15) is 0 Å². The number of alkyl halides is 3. The summed E-state index contributed by atoms with van der Waals surface area (Å²) in [5, 5.41) is 14.6. The van der Waals surface area contributed by atoms with Crippen LogP contribution in [0, 0.1) is 0 Å². The molecular weight excluding hydrogens is 343 g/mol. The molecule has 0 aliphatic heterocycles. The molecule has 3 nitrogen and oxygen atoms in total. The Bertz CT molecular complexity index is 920. The normalized spacial score (nSPS) is 12.8. The highest BCUT2D eigenvalue weighted by Crippen LogP contribution is 2.29. The number of carbonyl (C=O) groups is 1. The Morgan fingerprint density at radius 1 is 0.962 bits per heavy atom. The third-order valence-electron chi connectivity index (χ3n) is 4.09. The summed E-state index contributed by atoms with van der Waals surface area (Å²) in [6.07, 6.45) is -5.52. The van der Waals surface area contributed by atoms with Gasteiger partial charge in [0.05, 0.1) is 11.7 Å². The molecule has 0 bridgehead atoms. The number of halogens is 3. The molecule has 3 aromatic carbocycles. The van der Waals surface area contributed by atoms with E-state index >= 15 is 0 Å². The Labute approximate surface area is 148 Å². The molecule has 1 atom stereocenters. The number of fused-ring (bicyclic) bond motifs is 1. The van der Waals surface area contributed by atoms with Crippen LogP contribution in [0.1, 0.15) is 27.6 Å². The molecule has 0 aliphatic carbocycles.